The lowest BCUT2D eigenvalue weighted by Gasteiger charge is -2.38. The van der Waals surface area contributed by atoms with Crippen LogP contribution in [0.4, 0.5) is 13.2 Å². The average molecular weight is 635 g/mol. The summed E-state index contributed by atoms with van der Waals surface area (Å²) in [4.78, 5) is 28.8. The van der Waals surface area contributed by atoms with Crippen LogP contribution >= 0.6 is 0 Å². The molecule has 0 saturated heterocycles. The Morgan fingerprint density at radius 1 is 1.04 bits per heavy atom. The summed E-state index contributed by atoms with van der Waals surface area (Å²) in [5.74, 6) is -1.20. The summed E-state index contributed by atoms with van der Waals surface area (Å²) in [6.45, 7) is 3.62. The van der Waals surface area contributed by atoms with Gasteiger partial charge in [-0.1, -0.05) is 18.2 Å². The minimum atomic E-state index is -1.58. The highest BCUT2D eigenvalue weighted by Crippen LogP contribution is 2.41. The van der Waals surface area contributed by atoms with E-state index < -0.39 is 29.3 Å². The molecular formula is C35H37F3N4O4. The number of H-pyrrole nitrogens is 1. The summed E-state index contributed by atoms with van der Waals surface area (Å²) in [5, 5.41) is 6.12. The van der Waals surface area contributed by atoms with Crippen molar-refractivity contribution in [3.63, 3.8) is 0 Å². The van der Waals surface area contributed by atoms with Gasteiger partial charge in [0.15, 0.2) is 6.61 Å². The first-order chi connectivity index (χ1) is 22.0. The second-order valence-electron chi connectivity index (χ2n) is 11.7. The maximum absolute atomic E-state index is 15.8. The standard InChI is InChI=1S/C35H37F3N4O4/c1-35(2,38)21-42-16-14-26-25-6-4-5-7-29(25)41-33(26)34(42)32-27(36)18-22(19-28(32)37)8-13-30(43)40-15-17-45-23-9-11-24(12-10-23)46-20-31(44)39-3/h4-13,18-19,34,41H,14-17,20-21H2,1-3H3,(H,39,44)(H,40,43)/b13-8+/t34-/m1/s1. The van der Waals surface area contributed by atoms with Gasteiger partial charge in [-0.3, -0.25) is 14.5 Å². The molecule has 5 rings (SSSR count). The van der Waals surface area contributed by atoms with Crippen LogP contribution in [0.2, 0.25) is 0 Å². The SMILES string of the molecule is CNC(=O)COc1ccc(OCCNC(=O)/C=C/c2cc(F)c([C@@H]3c4[nH]c5ccccc5c4CCN3CC(C)(C)F)c(F)c2)cc1. The summed E-state index contributed by atoms with van der Waals surface area (Å²) in [7, 11) is 1.52. The Morgan fingerprint density at radius 3 is 2.39 bits per heavy atom. The van der Waals surface area contributed by atoms with Crippen molar-refractivity contribution in [2.75, 3.05) is 39.9 Å². The van der Waals surface area contributed by atoms with E-state index in [1.165, 1.54) is 45.2 Å². The number of likely N-dealkylation sites (N-methyl/N-ethyl adjacent to an activating group) is 1. The summed E-state index contributed by atoms with van der Waals surface area (Å²) < 4.78 is 57.3. The third-order valence-corrected chi connectivity index (χ3v) is 7.66. The third kappa shape index (κ3) is 7.89. The number of rotatable bonds is 12. The molecule has 1 aromatic heterocycles. The van der Waals surface area contributed by atoms with Crippen LogP contribution in [0.3, 0.4) is 0 Å². The van der Waals surface area contributed by atoms with Gasteiger partial charge >= 0.3 is 0 Å². The summed E-state index contributed by atoms with van der Waals surface area (Å²) in [5.41, 5.74) is 0.919. The number of amides is 2. The molecule has 0 fully saturated rings. The van der Waals surface area contributed by atoms with E-state index in [4.69, 9.17) is 9.47 Å². The van der Waals surface area contributed by atoms with Crippen LogP contribution in [-0.4, -0.2) is 67.3 Å². The summed E-state index contributed by atoms with van der Waals surface area (Å²) >= 11 is 0. The normalized spacial score (nSPS) is 15.1. The zero-order chi connectivity index (χ0) is 32.8. The number of aromatic nitrogens is 1. The number of nitrogens with one attached hydrogen (secondary N) is 3. The Labute approximate surface area is 265 Å². The number of nitrogens with zero attached hydrogens (tertiary/aromatic N) is 1. The number of carbonyl (C=O) groups excluding carboxylic acids is 2. The number of ether oxygens (including phenoxy) is 2. The van der Waals surface area contributed by atoms with Crippen molar-refractivity contribution in [1.82, 2.24) is 20.5 Å². The van der Waals surface area contributed by atoms with Gasteiger partial charge in [0.1, 0.15) is 35.4 Å². The molecule has 4 aromatic rings. The van der Waals surface area contributed by atoms with Crippen LogP contribution in [0.15, 0.2) is 66.7 Å². The molecule has 8 nitrogen and oxygen atoms in total. The first kappa shape index (κ1) is 32.6. The van der Waals surface area contributed by atoms with Crippen molar-refractivity contribution in [1.29, 1.82) is 0 Å². The Hall–Kier alpha value is -4.77. The maximum atomic E-state index is 15.8. The zero-order valence-corrected chi connectivity index (χ0v) is 26.0. The molecule has 3 N–H and O–H groups in total. The second kappa shape index (κ2) is 14.1. The van der Waals surface area contributed by atoms with E-state index in [0.717, 1.165) is 16.5 Å². The Bertz CT molecular complexity index is 1710. The number of alkyl halides is 1. The number of para-hydroxylation sites is 1. The van der Waals surface area contributed by atoms with E-state index in [1.807, 2.05) is 24.3 Å². The Kier molecular flexibility index (Phi) is 10.0. The topological polar surface area (TPSA) is 95.7 Å². The van der Waals surface area contributed by atoms with Crippen LogP contribution in [-0.2, 0) is 16.0 Å². The molecule has 0 aliphatic carbocycles. The van der Waals surface area contributed by atoms with E-state index in [-0.39, 0.29) is 43.3 Å². The van der Waals surface area contributed by atoms with Crippen molar-refractivity contribution in [2.24, 2.45) is 0 Å². The summed E-state index contributed by atoms with van der Waals surface area (Å²) in [6.07, 6.45) is 3.15. The van der Waals surface area contributed by atoms with E-state index in [0.29, 0.717) is 30.2 Å². The lowest BCUT2D eigenvalue weighted by molar-refractivity contribution is -0.122. The quantitative estimate of drug-likeness (QED) is 0.142. The number of carbonyl (C=O) groups is 2. The highest BCUT2D eigenvalue weighted by molar-refractivity contribution is 5.91. The van der Waals surface area contributed by atoms with Gasteiger partial charge in [-0.25, -0.2) is 13.2 Å². The van der Waals surface area contributed by atoms with Gasteiger partial charge < -0.3 is 25.1 Å². The van der Waals surface area contributed by atoms with E-state index in [2.05, 4.69) is 15.6 Å². The van der Waals surface area contributed by atoms with Crippen LogP contribution in [0.25, 0.3) is 17.0 Å². The average Bonchev–Trinajstić information content (AvgIpc) is 3.40. The predicted molar refractivity (Wildman–Crippen MR) is 171 cm³/mol. The third-order valence-electron chi connectivity index (χ3n) is 7.66. The fourth-order valence-corrected chi connectivity index (χ4v) is 5.66. The van der Waals surface area contributed by atoms with E-state index >= 15 is 8.78 Å². The smallest absolute Gasteiger partial charge is 0.257 e. The second-order valence-corrected chi connectivity index (χ2v) is 11.7. The molecule has 0 spiro atoms. The molecule has 1 aliphatic rings. The van der Waals surface area contributed by atoms with Gasteiger partial charge in [-0.05, 0) is 79.9 Å². The molecule has 0 unspecified atom stereocenters. The van der Waals surface area contributed by atoms with E-state index in [1.54, 1.807) is 29.2 Å². The Balaban J connectivity index is 1.23. The highest BCUT2D eigenvalue weighted by Gasteiger charge is 2.37. The first-order valence-electron chi connectivity index (χ1n) is 15.1. The van der Waals surface area contributed by atoms with Crippen LogP contribution in [0.5, 0.6) is 11.5 Å². The Morgan fingerprint density at radius 2 is 1.72 bits per heavy atom. The maximum Gasteiger partial charge on any atom is 0.257 e. The lowest BCUT2D eigenvalue weighted by atomic mass is 9.90. The van der Waals surface area contributed by atoms with Gasteiger partial charge in [0.05, 0.1) is 12.6 Å². The molecule has 1 atom stereocenters. The summed E-state index contributed by atoms with van der Waals surface area (Å²) in [6, 6.07) is 15.9. The highest BCUT2D eigenvalue weighted by atomic mass is 19.1. The number of benzene rings is 3. The molecule has 0 saturated carbocycles. The molecule has 11 heteroatoms. The monoisotopic (exact) mass is 634 g/mol. The molecule has 1 aliphatic heterocycles. The van der Waals surface area contributed by atoms with Gasteiger partial charge in [0.25, 0.3) is 5.91 Å². The predicted octanol–water partition coefficient (Wildman–Crippen LogP) is 5.47. The fourth-order valence-electron chi connectivity index (χ4n) is 5.66. The fraction of sp³-hybridized carbons (Fsp3) is 0.314. The molecule has 0 bridgehead atoms. The first-order valence-corrected chi connectivity index (χ1v) is 15.1. The minimum absolute atomic E-state index is 0.00422. The largest absolute Gasteiger partial charge is 0.492 e. The number of hydrogen-bond acceptors (Lipinski definition) is 5. The molecule has 2 heterocycles. The number of halogens is 3. The van der Waals surface area contributed by atoms with Crippen molar-refractivity contribution >= 4 is 28.8 Å². The van der Waals surface area contributed by atoms with Gasteiger partial charge in [0, 0.05) is 48.4 Å². The molecule has 242 valence electrons. The zero-order valence-electron chi connectivity index (χ0n) is 26.0. The van der Waals surface area contributed by atoms with E-state index in [9.17, 15) is 14.0 Å². The van der Waals surface area contributed by atoms with Gasteiger partial charge in [-0.15, -0.1) is 0 Å². The van der Waals surface area contributed by atoms with Gasteiger partial charge in [-0.2, -0.15) is 0 Å². The molecule has 2 amide bonds. The number of fused-ring (bicyclic) bond motifs is 3. The minimum Gasteiger partial charge on any atom is -0.492 e. The number of hydrogen-bond donors (Lipinski definition) is 3. The molecule has 3 aromatic carbocycles. The molecular weight excluding hydrogens is 597 g/mol. The van der Waals surface area contributed by atoms with Crippen molar-refractivity contribution in [3.05, 3.63) is 101 Å². The number of aromatic amines is 1. The van der Waals surface area contributed by atoms with Crippen molar-refractivity contribution in [2.45, 2.75) is 32.0 Å². The van der Waals surface area contributed by atoms with Crippen molar-refractivity contribution in [3.8, 4) is 11.5 Å². The lowest BCUT2D eigenvalue weighted by Crippen LogP contribution is -2.43. The molecule has 46 heavy (non-hydrogen) atoms. The van der Waals surface area contributed by atoms with Crippen LogP contribution in [0, 0.1) is 11.6 Å². The van der Waals surface area contributed by atoms with Crippen molar-refractivity contribution < 1.29 is 32.2 Å². The molecule has 0 radical (unpaired) electrons. The van der Waals surface area contributed by atoms with Gasteiger partial charge in [0.2, 0.25) is 5.91 Å². The van der Waals surface area contributed by atoms with Crippen LogP contribution < -0.4 is 20.1 Å². The van der Waals surface area contributed by atoms with Crippen LogP contribution in [0.1, 0.15) is 42.3 Å².